The highest BCUT2D eigenvalue weighted by Crippen LogP contribution is 2.48. The standard InChI is InChI=1S/C20H18F10N2O6S/c1-2-5-35-11-7-13(32-8-10(18(23,24)25)14(33)31-15(32)34)38-12(11)9-37-16(39)36-6-3-4-17(21,22)19(26,27)20(28,29)30/h1,8,11-13H,3-7,9H2,(H,31,33,34)/t11-,12+,13+/m0/s1. The summed E-state index contributed by atoms with van der Waals surface area (Å²) < 4.78 is 149. The quantitative estimate of drug-likeness (QED) is 0.188. The van der Waals surface area contributed by atoms with Gasteiger partial charge in [-0.3, -0.25) is 14.3 Å². The third kappa shape index (κ3) is 7.85. The smallest absolute Gasteiger partial charge is 0.457 e. The summed E-state index contributed by atoms with van der Waals surface area (Å²) in [5.41, 5.74) is -4.59. The fourth-order valence-corrected chi connectivity index (χ4v) is 3.41. The first-order valence-corrected chi connectivity index (χ1v) is 11.0. The predicted molar refractivity (Wildman–Crippen MR) is 113 cm³/mol. The number of terminal acetylenes is 1. The van der Waals surface area contributed by atoms with Crippen LogP contribution in [-0.2, 0) is 25.1 Å². The van der Waals surface area contributed by atoms with E-state index in [4.69, 9.17) is 25.4 Å². The molecule has 0 spiro atoms. The Labute approximate surface area is 217 Å². The largest absolute Gasteiger partial charge is 0.459 e. The molecule has 8 nitrogen and oxygen atoms in total. The van der Waals surface area contributed by atoms with Crippen molar-refractivity contribution in [2.45, 2.75) is 61.9 Å². The zero-order valence-electron chi connectivity index (χ0n) is 19.2. The van der Waals surface area contributed by atoms with E-state index in [0.29, 0.717) is 4.57 Å². The van der Waals surface area contributed by atoms with Gasteiger partial charge in [0.1, 0.15) is 31.1 Å². The van der Waals surface area contributed by atoms with Crippen LogP contribution in [0.5, 0.6) is 0 Å². The van der Waals surface area contributed by atoms with Gasteiger partial charge in [0, 0.05) is 31.3 Å². The van der Waals surface area contributed by atoms with Crippen LogP contribution in [0.15, 0.2) is 15.8 Å². The summed E-state index contributed by atoms with van der Waals surface area (Å²) in [5, 5.41) is -0.760. The Hall–Kier alpha value is -2.85. The van der Waals surface area contributed by atoms with Gasteiger partial charge in [-0.25, -0.2) is 4.79 Å². The van der Waals surface area contributed by atoms with Crippen LogP contribution in [-0.4, -0.2) is 64.8 Å². The second-order valence-electron chi connectivity index (χ2n) is 7.92. The monoisotopic (exact) mass is 604 g/mol. The van der Waals surface area contributed by atoms with Crippen LogP contribution in [0.1, 0.15) is 31.1 Å². The number of aromatic nitrogens is 2. The van der Waals surface area contributed by atoms with Crippen LogP contribution >= 0.6 is 12.2 Å². The molecule has 1 aliphatic heterocycles. The van der Waals surface area contributed by atoms with Crippen molar-refractivity contribution < 1.29 is 62.9 Å². The number of thiocarbonyl (C=S) groups is 1. The van der Waals surface area contributed by atoms with Gasteiger partial charge >= 0.3 is 35.1 Å². The Morgan fingerprint density at radius 3 is 2.33 bits per heavy atom. The molecule has 19 heteroatoms. The van der Waals surface area contributed by atoms with E-state index in [1.165, 1.54) is 4.98 Å². The number of rotatable bonds is 10. The van der Waals surface area contributed by atoms with Gasteiger partial charge in [0.05, 0.1) is 12.7 Å². The zero-order chi connectivity index (χ0) is 29.8. The molecule has 0 radical (unpaired) electrons. The van der Waals surface area contributed by atoms with E-state index in [-0.39, 0.29) is 19.2 Å². The molecule has 0 amide bonds. The van der Waals surface area contributed by atoms with Crippen LogP contribution in [0.3, 0.4) is 0 Å². The Kier molecular flexibility index (Phi) is 10.1. The van der Waals surface area contributed by atoms with E-state index in [2.05, 4.69) is 18.1 Å². The van der Waals surface area contributed by atoms with Gasteiger partial charge in [0.15, 0.2) is 0 Å². The van der Waals surface area contributed by atoms with Crippen molar-refractivity contribution in [2.75, 3.05) is 19.8 Å². The van der Waals surface area contributed by atoms with E-state index in [1.807, 2.05) is 0 Å². The Morgan fingerprint density at radius 1 is 1.13 bits per heavy atom. The number of ether oxygens (including phenoxy) is 4. The highest BCUT2D eigenvalue weighted by Gasteiger charge is 2.72. The van der Waals surface area contributed by atoms with Crippen molar-refractivity contribution in [3.05, 3.63) is 32.6 Å². The normalized spacial score (nSPS) is 20.5. The molecule has 39 heavy (non-hydrogen) atoms. The maximum Gasteiger partial charge on any atom is 0.459 e. The third-order valence-corrected chi connectivity index (χ3v) is 5.42. The minimum Gasteiger partial charge on any atom is -0.457 e. The van der Waals surface area contributed by atoms with Crippen molar-refractivity contribution in [3.63, 3.8) is 0 Å². The highest BCUT2D eigenvalue weighted by molar-refractivity contribution is 7.79. The lowest BCUT2D eigenvalue weighted by atomic mass is 10.1. The van der Waals surface area contributed by atoms with Crippen LogP contribution < -0.4 is 11.2 Å². The number of nitrogens with one attached hydrogen (secondary N) is 1. The number of aromatic amines is 1. The zero-order valence-corrected chi connectivity index (χ0v) is 20.0. The van der Waals surface area contributed by atoms with Crippen LogP contribution in [0, 0.1) is 12.3 Å². The molecule has 0 bridgehead atoms. The van der Waals surface area contributed by atoms with Gasteiger partial charge in [-0.2, -0.15) is 43.9 Å². The van der Waals surface area contributed by atoms with Gasteiger partial charge in [-0.1, -0.05) is 5.92 Å². The van der Waals surface area contributed by atoms with E-state index in [9.17, 15) is 53.5 Å². The van der Waals surface area contributed by atoms with Crippen LogP contribution in [0.2, 0.25) is 0 Å². The van der Waals surface area contributed by atoms with E-state index >= 15 is 0 Å². The lowest BCUT2D eigenvalue weighted by Crippen LogP contribution is -2.51. The summed E-state index contributed by atoms with van der Waals surface area (Å²) in [5.74, 6) is -9.56. The molecular formula is C20H18F10N2O6S. The Morgan fingerprint density at radius 2 is 1.77 bits per heavy atom. The number of hydrogen-bond acceptors (Lipinski definition) is 7. The van der Waals surface area contributed by atoms with Gasteiger partial charge in [-0.05, 0) is 6.42 Å². The van der Waals surface area contributed by atoms with Gasteiger partial charge in [-0.15, -0.1) is 6.42 Å². The molecule has 1 fully saturated rings. The molecule has 0 aromatic carbocycles. The molecular weight excluding hydrogens is 586 g/mol. The van der Waals surface area contributed by atoms with Crippen molar-refractivity contribution in [1.82, 2.24) is 9.55 Å². The molecule has 220 valence electrons. The van der Waals surface area contributed by atoms with E-state index < -0.39 is 90.7 Å². The summed E-state index contributed by atoms with van der Waals surface area (Å²) in [7, 11) is 0. The summed E-state index contributed by atoms with van der Waals surface area (Å²) in [6.07, 6.45) is -12.9. The second-order valence-corrected chi connectivity index (χ2v) is 8.25. The average Bonchev–Trinajstić information content (AvgIpc) is 3.20. The summed E-state index contributed by atoms with van der Waals surface area (Å²) in [6, 6.07) is 0. The first kappa shape index (κ1) is 32.4. The number of nitrogens with zero attached hydrogens (tertiary/aromatic N) is 1. The summed E-state index contributed by atoms with van der Waals surface area (Å²) in [4.78, 5) is 25.1. The number of hydrogen-bond donors (Lipinski definition) is 1. The third-order valence-electron chi connectivity index (χ3n) is 5.18. The second kappa shape index (κ2) is 12.1. The van der Waals surface area contributed by atoms with Crippen LogP contribution in [0.4, 0.5) is 43.9 Å². The van der Waals surface area contributed by atoms with E-state index in [1.54, 1.807) is 0 Å². The molecule has 0 unspecified atom stereocenters. The maximum absolute atomic E-state index is 13.3. The number of alkyl halides is 10. The van der Waals surface area contributed by atoms with Gasteiger partial charge in [0.25, 0.3) is 5.56 Å². The van der Waals surface area contributed by atoms with Crippen molar-refractivity contribution >= 4 is 17.5 Å². The lowest BCUT2D eigenvalue weighted by molar-refractivity contribution is -0.355. The van der Waals surface area contributed by atoms with Crippen molar-refractivity contribution in [3.8, 4) is 12.3 Å². The molecule has 0 saturated carbocycles. The predicted octanol–water partition coefficient (Wildman–Crippen LogP) is 3.79. The van der Waals surface area contributed by atoms with Gasteiger partial charge in [0.2, 0.25) is 0 Å². The van der Waals surface area contributed by atoms with Crippen molar-refractivity contribution in [1.29, 1.82) is 0 Å². The Bertz CT molecular complexity index is 1170. The first-order valence-electron chi connectivity index (χ1n) is 10.6. The Balaban J connectivity index is 1.99. The highest BCUT2D eigenvalue weighted by atomic mass is 32.1. The summed E-state index contributed by atoms with van der Waals surface area (Å²) >= 11 is 4.66. The molecule has 3 atom stereocenters. The molecule has 1 N–H and O–H groups in total. The molecule has 1 aromatic rings. The minimum atomic E-state index is -6.47. The summed E-state index contributed by atoms with van der Waals surface area (Å²) in [6.45, 7) is -1.69. The lowest BCUT2D eigenvalue weighted by Gasteiger charge is -2.28. The molecule has 2 heterocycles. The SMILES string of the molecule is C#CCO[C@H]1C[C@H](n2cc(C(F)(F)F)c(=O)[nH]c2=O)O[C@@H]1COC(=S)OCCCC(F)(F)C(F)(F)C(F)(F)F. The molecule has 2 rings (SSSR count). The topological polar surface area (TPSA) is 91.8 Å². The molecule has 1 saturated heterocycles. The fraction of sp³-hybridized carbons (Fsp3) is 0.650. The molecule has 1 aliphatic rings. The van der Waals surface area contributed by atoms with E-state index in [0.717, 1.165) is 0 Å². The van der Waals surface area contributed by atoms with Gasteiger partial charge < -0.3 is 18.9 Å². The number of H-pyrrole nitrogens is 1. The molecule has 1 aromatic heterocycles. The van der Waals surface area contributed by atoms with Crippen molar-refractivity contribution in [2.24, 2.45) is 0 Å². The number of halogens is 10. The van der Waals surface area contributed by atoms with Crippen LogP contribution in [0.25, 0.3) is 0 Å². The maximum atomic E-state index is 13.3. The molecule has 0 aliphatic carbocycles. The first-order chi connectivity index (χ1) is 17.8. The average molecular weight is 604 g/mol. The fourth-order valence-electron chi connectivity index (χ4n) is 3.26. The minimum absolute atomic E-state index is 0.249.